The Morgan fingerprint density at radius 2 is 2.07 bits per heavy atom. The lowest BCUT2D eigenvalue weighted by atomic mass is 10.3. The van der Waals surface area contributed by atoms with Crippen LogP contribution in [0.15, 0.2) is 28.8 Å². The van der Waals surface area contributed by atoms with E-state index in [2.05, 4.69) is 21.2 Å². The van der Waals surface area contributed by atoms with Gasteiger partial charge in [0.25, 0.3) is 5.91 Å². The van der Waals surface area contributed by atoms with Crippen LogP contribution in [0, 0.1) is 0 Å². The largest absolute Gasteiger partial charge is 0.321 e. The Hall–Kier alpha value is -0.510. The quantitative estimate of drug-likeness (QED) is 0.814. The number of anilines is 1. The molecular formula is C10H8BrCl2NO. The van der Waals surface area contributed by atoms with Gasteiger partial charge < -0.3 is 5.32 Å². The van der Waals surface area contributed by atoms with E-state index in [0.717, 1.165) is 0 Å². The van der Waals surface area contributed by atoms with Crippen molar-refractivity contribution in [2.75, 3.05) is 5.32 Å². The molecule has 80 valence electrons. The minimum absolute atomic E-state index is 0.226. The number of carbonyl (C=O) groups excluding carboxylic acids is 1. The molecule has 0 saturated carbocycles. The summed E-state index contributed by atoms with van der Waals surface area (Å²) >= 11 is 14.7. The summed E-state index contributed by atoms with van der Waals surface area (Å²) in [6.45, 7) is 1.76. The molecule has 0 unspecified atom stereocenters. The third kappa shape index (κ3) is 3.52. The van der Waals surface area contributed by atoms with Crippen molar-refractivity contribution in [2.24, 2.45) is 0 Å². The minimum Gasteiger partial charge on any atom is -0.321 e. The average Bonchev–Trinajstić information content (AvgIpc) is 2.22. The van der Waals surface area contributed by atoms with Gasteiger partial charge in [0.15, 0.2) is 0 Å². The number of nitrogens with one attached hydrogen (secondary N) is 1. The highest BCUT2D eigenvalue weighted by molar-refractivity contribution is 9.12. The number of amides is 1. The lowest BCUT2D eigenvalue weighted by Gasteiger charge is -2.05. The highest BCUT2D eigenvalue weighted by atomic mass is 79.9. The monoisotopic (exact) mass is 307 g/mol. The molecule has 1 aromatic carbocycles. The summed E-state index contributed by atoms with van der Waals surface area (Å²) < 4.78 is 0.466. The summed E-state index contributed by atoms with van der Waals surface area (Å²) in [5, 5.41) is 3.53. The normalized spacial score (nSPS) is 11.3. The van der Waals surface area contributed by atoms with E-state index in [-0.39, 0.29) is 5.91 Å². The Kier molecular flexibility index (Phi) is 4.64. The van der Waals surface area contributed by atoms with Gasteiger partial charge in [-0.05, 0) is 41.1 Å². The van der Waals surface area contributed by atoms with Gasteiger partial charge in [0, 0.05) is 5.69 Å². The van der Waals surface area contributed by atoms with Gasteiger partial charge >= 0.3 is 0 Å². The first-order valence-corrected chi connectivity index (χ1v) is 5.67. The fourth-order valence-corrected chi connectivity index (χ4v) is 1.29. The molecule has 0 saturated heterocycles. The Labute approximate surface area is 106 Å². The molecule has 0 spiro atoms. The van der Waals surface area contributed by atoms with E-state index in [4.69, 9.17) is 23.2 Å². The number of rotatable bonds is 2. The summed E-state index contributed by atoms with van der Waals surface area (Å²) in [4.78, 5) is 11.4. The van der Waals surface area contributed by atoms with Crippen LogP contribution >= 0.6 is 39.1 Å². The molecule has 0 aliphatic heterocycles. The maximum absolute atomic E-state index is 11.4. The van der Waals surface area contributed by atoms with Crippen LogP contribution < -0.4 is 5.32 Å². The van der Waals surface area contributed by atoms with Crippen LogP contribution in [-0.2, 0) is 4.79 Å². The SMILES string of the molecule is C/C=C(\Br)C(=O)Nc1ccc(Cl)c(Cl)c1. The van der Waals surface area contributed by atoms with Crippen molar-refractivity contribution >= 4 is 50.7 Å². The number of halogens is 3. The van der Waals surface area contributed by atoms with E-state index in [1.807, 2.05) is 0 Å². The standard InChI is InChI=1S/C10H8BrCl2NO/c1-2-7(11)10(15)14-6-3-4-8(12)9(13)5-6/h2-5H,1H3,(H,14,15)/b7-2-. The Morgan fingerprint density at radius 1 is 1.40 bits per heavy atom. The molecule has 0 radical (unpaired) electrons. The summed E-state index contributed by atoms with van der Waals surface area (Å²) in [5.74, 6) is -0.226. The molecule has 0 aliphatic rings. The van der Waals surface area contributed by atoms with Crippen molar-refractivity contribution in [3.63, 3.8) is 0 Å². The molecule has 1 rings (SSSR count). The van der Waals surface area contributed by atoms with Gasteiger partial charge in [0.2, 0.25) is 0 Å². The van der Waals surface area contributed by atoms with Gasteiger partial charge in [-0.1, -0.05) is 29.3 Å². The highest BCUT2D eigenvalue weighted by Gasteiger charge is 2.06. The molecule has 0 aliphatic carbocycles. The van der Waals surface area contributed by atoms with Crippen molar-refractivity contribution in [3.05, 3.63) is 38.8 Å². The molecule has 1 N–H and O–H groups in total. The molecule has 1 aromatic rings. The third-order valence-corrected chi connectivity index (χ3v) is 3.20. The van der Waals surface area contributed by atoms with E-state index in [1.165, 1.54) is 0 Å². The van der Waals surface area contributed by atoms with Gasteiger partial charge in [0.05, 0.1) is 14.5 Å². The van der Waals surface area contributed by atoms with Crippen LogP contribution in [0.2, 0.25) is 10.0 Å². The maximum Gasteiger partial charge on any atom is 0.262 e. The lowest BCUT2D eigenvalue weighted by Crippen LogP contribution is -2.10. The van der Waals surface area contributed by atoms with E-state index in [0.29, 0.717) is 20.2 Å². The van der Waals surface area contributed by atoms with Crippen LogP contribution in [0.25, 0.3) is 0 Å². The number of hydrogen-bond acceptors (Lipinski definition) is 1. The number of hydrogen-bond donors (Lipinski definition) is 1. The summed E-state index contributed by atoms with van der Waals surface area (Å²) in [6, 6.07) is 4.91. The second-order valence-electron chi connectivity index (χ2n) is 2.72. The van der Waals surface area contributed by atoms with Gasteiger partial charge in [-0.15, -0.1) is 0 Å². The molecule has 1 amide bonds. The van der Waals surface area contributed by atoms with Crippen LogP contribution in [-0.4, -0.2) is 5.91 Å². The molecule has 2 nitrogen and oxygen atoms in total. The summed E-state index contributed by atoms with van der Waals surface area (Å²) in [5.41, 5.74) is 0.605. The van der Waals surface area contributed by atoms with E-state index in [1.54, 1.807) is 31.2 Å². The fourth-order valence-electron chi connectivity index (χ4n) is 0.896. The van der Waals surface area contributed by atoms with Crippen molar-refractivity contribution in [2.45, 2.75) is 6.92 Å². The third-order valence-electron chi connectivity index (χ3n) is 1.65. The predicted octanol–water partition coefficient (Wildman–Crippen LogP) is 4.23. The zero-order chi connectivity index (χ0) is 11.4. The number of carbonyl (C=O) groups is 1. The Morgan fingerprint density at radius 3 is 2.60 bits per heavy atom. The van der Waals surface area contributed by atoms with Gasteiger partial charge in [-0.25, -0.2) is 0 Å². The molecule has 5 heteroatoms. The van der Waals surface area contributed by atoms with E-state index < -0.39 is 0 Å². The zero-order valence-electron chi connectivity index (χ0n) is 7.85. The van der Waals surface area contributed by atoms with Gasteiger partial charge in [-0.3, -0.25) is 4.79 Å². The lowest BCUT2D eigenvalue weighted by molar-refractivity contribution is -0.112. The van der Waals surface area contributed by atoms with E-state index >= 15 is 0 Å². The molecule has 15 heavy (non-hydrogen) atoms. The molecule has 0 atom stereocenters. The van der Waals surface area contributed by atoms with Crippen molar-refractivity contribution in [1.29, 1.82) is 0 Å². The van der Waals surface area contributed by atoms with Crippen LogP contribution in [0.4, 0.5) is 5.69 Å². The second-order valence-corrected chi connectivity index (χ2v) is 4.39. The number of allylic oxidation sites excluding steroid dienone is 1. The predicted molar refractivity (Wildman–Crippen MR) is 67.8 cm³/mol. The smallest absolute Gasteiger partial charge is 0.262 e. The Bertz CT molecular complexity index is 418. The average molecular weight is 309 g/mol. The van der Waals surface area contributed by atoms with Gasteiger partial charge in [0.1, 0.15) is 0 Å². The first-order chi connectivity index (χ1) is 7.04. The van der Waals surface area contributed by atoms with Crippen molar-refractivity contribution in [3.8, 4) is 0 Å². The second kappa shape index (κ2) is 5.54. The Balaban J connectivity index is 2.82. The van der Waals surface area contributed by atoms with Crippen LogP contribution in [0.3, 0.4) is 0 Å². The van der Waals surface area contributed by atoms with Crippen LogP contribution in [0.5, 0.6) is 0 Å². The number of benzene rings is 1. The summed E-state index contributed by atoms with van der Waals surface area (Å²) in [7, 11) is 0. The summed E-state index contributed by atoms with van der Waals surface area (Å²) in [6.07, 6.45) is 1.66. The molecule has 0 fully saturated rings. The first kappa shape index (κ1) is 12.6. The zero-order valence-corrected chi connectivity index (χ0v) is 10.9. The van der Waals surface area contributed by atoms with Crippen molar-refractivity contribution in [1.82, 2.24) is 0 Å². The van der Waals surface area contributed by atoms with E-state index in [9.17, 15) is 4.79 Å². The van der Waals surface area contributed by atoms with Gasteiger partial charge in [-0.2, -0.15) is 0 Å². The molecule has 0 aromatic heterocycles. The molecule has 0 heterocycles. The minimum atomic E-state index is -0.226. The fraction of sp³-hybridized carbons (Fsp3) is 0.100. The molecular weight excluding hydrogens is 301 g/mol. The highest BCUT2D eigenvalue weighted by Crippen LogP contribution is 2.25. The van der Waals surface area contributed by atoms with Crippen LogP contribution in [0.1, 0.15) is 6.92 Å². The molecule has 0 bridgehead atoms. The van der Waals surface area contributed by atoms with Crippen molar-refractivity contribution < 1.29 is 4.79 Å². The maximum atomic E-state index is 11.4. The topological polar surface area (TPSA) is 29.1 Å². The first-order valence-electron chi connectivity index (χ1n) is 4.13.